The Hall–Kier alpha value is -2.11. The number of nitrogens with zero attached hydrogens (tertiary/aromatic N) is 1. The van der Waals surface area contributed by atoms with Gasteiger partial charge >= 0.3 is 12.1 Å². The highest BCUT2D eigenvalue weighted by Crippen LogP contribution is 1.96. The average molecular weight is 280 g/mol. The van der Waals surface area contributed by atoms with Gasteiger partial charge in [-0.2, -0.15) is 0 Å². The predicted molar refractivity (Wildman–Crippen MR) is 73.1 cm³/mol. The minimum absolute atomic E-state index is 0.145. The molecule has 0 atom stereocenters. The van der Waals surface area contributed by atoms with E-state index in [1.54, 1.807) is 20.0 Å². The van der Waals surface area contributed by atoms with Gasteiger partial charge in [0, 0.05) is 18.3 Å². The first-order chi connectivity index (χ1) is 9.59. The number of alkyl carbamates (subject to hydrolysis) is 1. The van der Waals surface area contributed by atoms with Crippen LogP contribution >= 0.6 is 0 Å². The second-order valence-electron chi connectivity index (χ2n) is 4.46. The van der Waals surface area contributed by atoms with Crippen LogP contribution in [0.4, 0.5) is 4.79 Å². The fraction of sp³-hybridized carbons (Fsp3) is 0.500. The van der Waals surface area contributed by atoms with Gasteiger partial charge < -0.3 is 14.8 Å². The van der Waals surface area contributed by atoms with Gasteiger partial charge in [-0.3, -0.25) is 9.78 Å². The normalized spacial score (nSPS) is 10.2. The SMILES string of the molecule is CC(C)C(=O)OCCNC(=O)OCCc1ccccn1. The second-order valence-corrected chi connectivity index (χ2v) is 4.46. The minimum atomic E-state index is -0.526. The van der Waals surface area contributed by atoms with E-state index in [0.29, 0.717) is 6.42 Å². The smallest absolute Gasteiger partial charge is 0.407 e. The largest absolute Gasteiger partial charge is 0.464 e. The quantitative estimate of drug-likeness (QED) is 0.605. The Bertz CT molecular complexity index is 420. The van der Waals surface area contributed by atoms with E-state index in [0.717, 1.165) is 5.69 Å². The molecule has 0 saturated carbocycles. The number of amides is 1. The van der Waals surface area contributed by atoms with Gasteiger partial charge in [0.1, 0.15) is 6.61 Å². The summed E-state index contributed by atoms with van der Waals surface area (Å²) in [5.41, 5.74) is 0.867. The van der Waals surface area contributed by atoms with E-state index in [-0.39, 0.29) is 31.6 Å². The topological polar surface area (TPSA) is 77.5 Å². The predicted octanol–water partition coefficient (Wildman–Crippen LogP) is 1.55. The van der Waals surface area contributed by atoms with Gasteiger partial charge in [0.05, 0.1) is 19.1 Å². The van der Waals surface area contributed by atoms with Crippen molar-refractivity contribution in [1.82, 2.24) is 10.3 Å². The molecule has 0 aliphatic carbocycles. The third-order valence-corrected chi connectivity index (χ3v) is 2.40. The zero-order valence-electron chi connectivity index (χ0n) is 11.8. The van der Waals surface area contributed by atoms with E-state index in [2.05, 4.69) is 10.3 Å². The molecular weight excluding hydrogens is 260 g/mol. The number of carbonyl (C=O) groups is 2. The Labute approximate surface area is 118 Å². The molecule has 0 spiro atoms. The lowest BCUT2D eigenvalue weighted by atomic mass is 10.2. The van der Waals surface area contributed by atoms with Gasteiger partial charge in [0.2, 0.25) is 0 Å². The summed E-state index contributed by atoms with van der Waals surface area (Å²) in [5.74, 6) is -0.448. The molecular formula is C14H20N2O4. The van der Waals surface area contributed by atoms with Crippen LogP contribution in [0, 0.1) is 5.92 Å². The lowest BCUT2D eigenvalue weighted by Crippen LogP contribution is -2.29. The molecule has 1 aromatic heterocycles. The van der Waals surface area contributed by atoms with Crippen molar-refractivity contribution in [2.45, 2.75) is 20.3 Å². The third kappa shape index (κ3) is 6.72. The number of rotatable bonds is 7. The second kappa shape index (κ2) is 8.90. The number of carbonyl (C=O) groups excluding carboxylic acids is 2. The number of hydrogen-bond donors (Lipinski definition) is 1. The van der Waals surface area contributed by atoms with Crippen molar-refractivity contribution in [1.29, 1.82) is 0 Å². The summed E-state index contributed by atoms with van der Waals surface area (Å²) in [4.78, 5) is 26.6. The van der Waals surface area contributed by atoms with E-state index in [9.17, 15) is 9.59 Å². The van der Waals surface area contributed by atoms with Crippen LogP contribution in [-0.2, 0) is 20.7 Å². The maximum Gasteiger partial charge on any atom is 0.407 e. The molecule has 1 amide bonds. The molecule has 110 valence electrons. The van der Waals surface area contributed by atoms with E-state index in [4.69, 9.17) is 9.47 Å². The van der Waals surface area contributed by atoms with Gasteiger partial charge in [0.25, 0.3) is 0 Å². The number of pyridine rings is 1. The fourth-order valence-electron chi connectivity index (χ4n) is 1.32. The highest BCUT2D eigenvalue weighted by molar-refractivity contribution is 5.71. The van der Waals surface area contributed by atoms with Crippen LogP contribution < -0.4 is 5.32 Å². The number of ether oxygens (including phenoxy) is 2. The zero-order chi connectivity index (χ0) is 14.8. The lowest BCUT2D eigenvalue weighted by Gasteiger charge is -2.08. The number of nitrogens with one attached hydrogen (secondary N) is 1. The molecule has 0 aromatic carbocycles. The molecule has 0 unspecified atom stereocenters. The van der Waals surface area contributed by atoms with Crippen molar-refractivity contribution in [2.75, 3.05) is 19.8 Å². The average Bonchev–Trinajstić information content (AvgIpc) is 2.44. The summed E-state index contributed by atoms with van der Waals surface area (Å²) >= 11 is 0. The highest BCUT2D eigenvalue weighted by Gasteiger charge is 2.08. The van der Waals surface area contributed by atoms with Gasteiger partial charge in [-0.25, -0.2) is 4.79 Å². The van der Waals surface area contributed by atoms with Crippen LogP contribution in [0.5, 0.6) is 0 Å². The molecule has 0 aliphatic rings. The zero-order valence-corrected chi connectivity index (χ0v) is 11.8. The monoisotopic (exact) mass is 280 g/mol. The van der Waals surface area contributed by atoms with Crippen LogP contribution in [-0.4, -0.2) is 36.8 Å². The molecule has 1 aromatic rings. The van der Waals surface area contributed by atoms with Crippen LogP contribution in [0.2, 0.25) is 0 Å². The number of esters is 1. The summed E-state index contributed by atoms with van der Waals surface area (Å²) < 4.78 is 9.88. The lowest BCUT2D eigenvalue weighted by molar-refractivity contribution is -0.147. The van der Waals surface area contributed by atoms with Crippen molar-refractivity contribution < 1.29 is 19.1 Å². The Morgan fingerprint density at radius 3 is 2.70 bits per heavy atom. The first kappa shape index (κ1) is 15.9. The molecule has 1 N–H and O–H groups in total. The molecule has 0 bridgehead atoms. The summed E-state index contributed by atoms with van der Waals surface area (Å²) in [7, 11) is 0. The number of aromatic nitrogens is 1. The van der Waals surface area contributed by atoms with Crippen molar-refractivity contribution in [2.24, 2.45) is 5.92 Å². The molecule has 0 aliphatic heterocycles. The van der Waals surface area contributed by atoms with Crippen LogP contribution in [0.1, 0.15) is 19.5 Å². The maximum absolute atomic E-state index is 11.3. The number of hydrogen-bond acceptors (Lipinski definition) is 5. The van der Waals surface area contributed by atoms with Gasteiger partial charge in [0.15, 0.2) is 0 Å². The molecule has 0 radical (unpaired) electrons. The van der Waals surface area contributed by atoms with Crippen molar-refractivity contribution in [3.8, 4) is 0 Å². The molecule has 0 fully saturated rings. The van der Waals surface area contributed by atoms with Crippen molar-refractivity contribution >= 4 is 12.1 Å². The molecule has 6 nitrogen and oxygen atoms in total. The first-order valence-electron chi connectivity index (χ1n) is 6.56. The molecule has 1 rings (SSSR count). The van der Waals surface area contributed by atoms with E-state index >= 15 is 0 Å². The summed E-state index contributed by atoms with van der Waals surface area (Å²) in [5, 5.41) is 2.50. The van der Waals surface area contributed by atoms with Crippen molar-refractivity contribution in [3.05, 3.63) is 30.1 Å². The van der Waals surface area contributed by atoms with E-state index < -0.39 is 6.09 Å². The van der Waals surface area contributed by atoms with Gasteiger partial charge in [-0.1, -0.05) is 19.9 Å². The Balaban J connectivity index is 2.05. The van der Waals surface area contributed by atoms with Crippen LogP contribution in [0.25, 0.3) is 0 Å². The van der Waals surface area contributed by atoms with Crippen LogP contribution in [0.3, 0.4) is 0 Å². The van der Waals surface area contributed by atoms with E-state index in [1.807, 2.05) is 18.2 Å². The maximum atomic E-state index is 11.3. The summed E-state index contributed by atoms with van der Waals surface area (Å²) in [6.45, 7) is 4.14. The van der Waals surface area contributed by atoms with Crippen LogP contribution in [0.15, 0.2) is 24.4 Å². The summed E-state index contributed by atoms with van der Waals surface area (Å²) in [6.07, 6.45) is 1.73. The van der Waals surface area contributed by atoms with Crippen molar-refractivity contribution in [3.63, 3.8) is 0 Å². The molecule has 6 heteroatoms. The standard InChI is InChI=1S/C14H20N2O4/c1-11(2)13(17)19-10-8-16-14(18)20-9-6-12-5-3-4-7-15-12/h3-5,7,11H,6,8-10H2,1-2H3,(H,16,18). The molecule has 20 heavy (non-hydrogen) atoms. The fourth-order valence-corrected chi connectivity index (χ4v) is 1.32. The summed E-state index contributed by atoms with van der Waals surface area (Å²) in [6, 6.07) is 5.58. The minimum Gasteiger partial charge on any atom is -0.464 e. The van der Waals surface area contributed by atoms with Gasteiger partial charge in [-0.05, 0) is 12.1 Å². The Morgan fingerprint density at radius 2 is 2.05 bits per heavy atom. The van der Waals surface area contributed by atoms with E-state index in [1.165, 1.54) is 0 Å². The molecule has 0 saturated heterocycles. The Morgan fingerprint density at radius 1 is 1.25 bits per heavy atom. The van der Waals surface area contributed by atoms with Gasteiger partial charge in [-0.15, -0.1) is 0 Å². The first-order valence-corrected chi connectivity index (χ1v) is 6.56. The highest BCUT2D eigenvalue weighted by atomic mass is 16.6. The third-order valence-electron chi connectivity index (χ3n) is 2.40. The Kier molecular flexibility index (Phi) is 7.10. The molecule has 1 heterocycles.